The summed E-state index contributed by atoms with van der Waals surface area (Å²) >= 11 is 0. The SMILES string of the molecule is CCc1c2c(nc3c(O)ccc(O)c13)-c1cc3c(c(=O)n1C2)COC(=O)[C@]3(O)CC. The third kappa shape index (κ3) is 2.16. The zero-order valence-electron chi connectivity index (χ0n) is 16.5. The van der Waals surface area contributed by atoms with Crippen LogP contribution in [0.3, 0.4) is 0 Å². The average Bonchev–Trinajstić information content (AvgIpc) is 3.11. The highest BCUT2D eigenvalue weighted by Gasteiger charge is 2.45. The standard InChI is InChI=1S/C22H20N2O6/c1-3-10-11-8-24-14(18(11)23-19-16(26)6-5-15(25)17(10)19)7-13-12(20(24)27)9-30-21(28)22(13,29)4-2/h5-7,25-26,29H,3-4,8-9H2,1-2H3/t22-/m0/s1. The van der Waals surface area contributed by atoms with Crippen molar-refractivity contribution in [2.24, 2.45) is 0 Å². The van der Waals surface area contributed by atoms with Crippen LogP contribution in [0.15, 0.2) is 23.0 Å². The van der Waals surface area contributed by atoms with Crippen LogP contribution < -0.4 is 5.56 Å². The van der Waals surface area contributed by atoms with Crippen molar-refractivity contribution in [2.45, 2.75) is 45.4 Å². The van der Waals surface area contributed by atoms with E-state index in [2.05, 4.69) is 4.98 Å². The molecular weight excluding hydrogens is 388 g/mol. The number of hydrogen-bond donors (Lipinski definition) is 3. The molecule has 8 nitrogen and oxygen atoms in total. The van der Waals surface area contributed by atoms with Gasteiger partial charge in [0.05, 0.1) is 23.5 Å². The van der Waals surface area contributed by atoms with E-state index in [0.717, 1.165) is 11.1 Å². The molecular formula is C22H20N2O6. The number of hydrogen-bond acceptors (Lipinski definition) is 7. The van der Waals surface area contributed by atoms with Crippen LogP contribution >= 0.6 is 0 Å². The van der Waals surface area contributed by atoms with Gasteiger partial charge < -0.3 is 24.6 Å². The summed E-state index contributed by atoms with van der Waals surface area (Å²) in [6, 6.07) is 4.42. The van der Waals surface area contributed by atoms with E-state index >= 15 is 0 Å². The molecule has 0 unspecified atom stereocenters. The Morgan fingerprint density at radius 3 is 2.60 bits per heavy atom. The van der Waals surface area contributed by atoms with Gasteiger partial charge in [-0.3, -0.25) is 4.79 Å². The van der Waals surface area contributed by atoms with E-state index < -0.39 is 11.6 Å². The van der Waals surface area contributed by atoms with Gasteiger partial charge in [0.1, 0.15) is 23.6 Å². The molecule has 154 valence electrons. The minimum absolute atomic E-state index is 0.0110. The maximum Gasteiger partial charge on any atom is 0.343 e. The van der Waals surface area contributed by atoms with Crippen LogP contribution in [0.1, 0.15) is 42.5 Å². The Bertz CT molecular complexity index is 1330. The Morgan fingerprint density at radius 2 is 1.90 bits per heavy atom. The first kappa shape index (κ1) is 18.6. The Balaban J connectivity index is 1.87. The molecule has 1 atom stereocenters. The molecule has 1 aromatic carbocycles. The predicted octanol–water partition coefficient (Wildman–Crippen LogP) is 2.05. The maximum atomic E-state index is 13.2. The predicted molar refractivity (Wildman–Crippen MR) is 107 cm³/mol. The molecule has 0 saturated heterocycles. The number of ether oxygens (including phenoxy) is 1. The number of aromatic nitrogens is 2. The fraction of sp³-hybridized carbons (Fsp3) is 0.318. The number of esters is 1. The highest BCUT2D eigenvalue weighted by Crippen LogP contribution is 2.43. The lowest BCUT2D eigenvalue weighted by molar-refractivity contribution is -0.172. The van der Waals surface area contributed by atoms with Gasteiger partial charge in [-0.25, -0.2) is 9.78 Å². The van der Waals surface area contributed by atoms with Crippen LogP contribution in [0, 0.1) is 0 Å². The first-order chi connectivity index (χ1) is 14.3. The van der Waals surface area contributed by atoms with Crippen LogP contribution in [0.5, 0.6) is 11.5 Å². The molecule has 0 bridgehead atoms. The molecule has 0 amide bonds. The van der Waals surface area contributed by atoms with Crippen LogP contribution in [0.25, 0.3) is 22.3 Å². The van der Waals surface area contributed by atoms with Crippen LogP contribution in [0.4, 0.5) is 0 Å². The van der Waals surface area contributed by atoms with Crippen LogP contribution in [0.2, 0.25) is 0 Å². The number of aromatic hydroxyl groups is 2. The molecule has 3 aromatic rings. The zero-order valence-corrected chi connectivity index (χ0v) is 16.5. The van der Waals surface area contributed by atoms with E-state index in [1.54, 1.807) is 13.0 Å². The van der Waals surface area contributed by atoms with Crippen molar-refractivity contribution < 1.29 is 24.9 Å². The second-order valence-electron chi connectivity index (χ2n) is 7.70. The first-order valence-electron chi connectivity index (χ1n) is 9.85. The Labute approximate surface area is 171 Å². The Kier molecular flexibility index (Phi) is 3.76. The summed E-state index contributed by atoms with van der Waals surface area (Å²) in [5.74, 6) is -0.840. The number of carbonyl (C=O) groups is 1. The minimum atomic E-state index is -1.89. The molecule has 30 heavy (non-hydrogen) atoms. The number of cyclic esters (lactones) is 1. The van der Waals surface area contributed by atoms with Gasteiger partial charge in [0.25, 0.3) is 5.56 Å². The smallest absolute Gasteiger partial charge is 0.343 e. The number of aliphatic hydroxyl groups is 1. The van der Waals surface area contributed by atoms with Crippen molar-refractivity contribution >= 4 is 16.9 Å². The molecule has 4 heterocycles. The lowest BCUT2D eigenvalue weighted by Crippen LogP contribution is -2.44. The normalized spacial score (nSPS) is 19.4. The number of carbonyl (C=O) groups excluding carboxylic acids is 1. The highest BCUT2D eigenvalue weighted by molar-refractivity contribution is 5.96. The van der Waals surface area contributed by atoms with E-state index in [-0.39, 0.29) is 53.3 Å². The van der Waals surface area contributed by atoms with Crippen molar-refractivity contribution in [1.29, 1.82) is 0 Å². The molecule has 0 saturated carbocycles. The number of benzene rings is 1. The third-order valence-corrected chi connectivity index (χ3v) is 6.27. The number of phenols is 2. The second-order valence-corrected chi connectivity index (χ2v) is 7.70. The van der Waals surface area contributed by atoms with Crippen molar-refractivity contribution in [3.05, 3.63) is 50.8 Å². The Morgan fingerprint density at radius 1 is 1.17 bits per heavy atom. The van der Waals surface area contributed by atoms with E-state index in [1.807, 2.05) is 6.92 Å². The fourth-order valence-corrected chi connectivity index (χ4v) is 4.64. The number of pyridine rings is 2. The zero-order chi connectivity index (χ0) is 21.4. The van der Waals surface area contributed by atoms with Gasteiger partial charge in [-0.05, 0) is 36.6 Å². The topological polar surface area (TPSA) is 122 Å². The summed E-state index contributed by atoms with van der Waals surface area (Å²) in [5, 5.41) is 32.2. The highest BCUT2D eigenvalue weighted by atomic mass is 16.6. The lowest BCUT2D eigenvalue weighted by atomic mass is 9.86. The molecule has 0 fully saturated rings. The Hall–Kier alpha value is -3.39. The monoisotopic (exact) mass is 408 g/mol. The van der Waals surface area contributed by atoms with E-state index in [1.165, 1.54) is 16.7 Å². The van der Waals surface area contributed by atoms with Crippen LogP contribution in [-0.2, 0) is 34.7 Å². The summed E-state index contributed by atoms with van der Waals surface area (Å²) in [5.41, 5.74) is 1.03. The van der Waals surface area contributed by atoms with Crippen molar-refractivity contribution in [1.82, 2.24) is 9.55 Å². The van der Waals surface area contributed by atoms with Gasteiger partial charge in [-0.2, -0.15) is 0 Å². The largest absolute Gasteiger partial charge is 0.507 e. The molecule has 8 heteroatoms. The number of aryl methyl sites for hydroxylation is 1. The molecule has 2 aliphatic rings. The van der Waals surface area contributed by atoms with Crippen LogP contribution in [-0.4, -0.2) is 30.8 Å². The number of fused-ring (bicyclic) bond motifs is 5. The van der Waals surface area contributed by atoms with Crippen molar-refractivity contribution in [2.75, 3.05) is 0 Å². The molecule has 0 spiro atoms. The average molecular weight is 408 g/mol. The molecule has 0 aliphatic carbocycles. The van der Waals surface area contributed by atoms with Crippen molar-refractivity contribution in [3.63, 3.8) is 0 Å². The minimum Gasteiger partial charge on any atom is -0.507 e. The number of phenolic OH excluding ortho intramolecular Hbond substituents is 2. The summed E-state index contributed by atoms with van der Waals surface area (Å²) in [6.07, 6.45) is 0.621. The molecule has 2 aromatic heterocycles. The molecule has 5 rings (SSSR count). The van der Waals surface area contributed by atoms with Gasteiger partial charge in [0, 0.05) is 16.5 Å². The second kappa shape index (κ2) is 6.06. The van der Waals surface area contributed by atoms with E-state index in [9.17, 15) is 24.9 Å². The molecule has 0 radical (unpaired) electrons. The van der Waals surface area contributed by atoms with E-state index in [4.69, 9.17) is 4.74 Å². The van der Waals surface area contributed by atoms with E-state index in [0.29, 0.717) is 23.2 Å². The first-order valence-corrected chi connectivity index (χ1v) is 9.85. The molecule has 2 aliphatic heterocycles. The summed E-state index contributed by atoms with van der Waals surface area (Å²) in [4.78, 5) is 30.1. The number of nitrogens with zero attached hydrogens (tertiary/aromatic N) is 2. The summed E-state index contributed by atoms with van der Waals surface area (Å²) < 4.78 is 6.62. The van der Waals surface area contributed by atoms with Gasteiger partial charge in [0.2, 0.25) is 0 Å². The van der Waals surface area contributed by atoms with Gasteiger partial charge in [-0.15, -0.1) is 0 Å². The third-order valence-electron chi connectivity index (χ3n) is 6.27. The maximum absolute atomic E-state index is 13.2. The number of rotatable bonds is 2. The van der Waals surface area contributed by atoms with Crippen molar-refractivity contribution in [3.8, 4) is 22.9 Å². The quantitative estimate of drug-likeness (QED) is 0.343. The fourth-order valence-electron chi connectivity index (χ4n) is 4.64. The summed E-state index contributed by atoms with van der Waals surface area (Å²) in [7, 11) is 0. The molecule has 3 N–H and O–H groups in total. The van der Waals surface area contributed by atoms with Gasteiger partial charge in [-0.1, -0.05) is 13.8 Å². The lowest BCUT2D eigenvalue weighted by Gasteiger charge is -2.31. The summed E-state index contributed by atoms with van der Waals surface area (Å²) in [6.45, 7) is 3.63. The van der Waals surface area contributed by atoms with Gasteiger partial charge in [0.15, 0.2) is 5.60 Å². The van der Waals surface area contributed by atoms with Gasteiger partial charge >= 0.3 is 5.97 Å².